The van der Waals surface area contributed by atoms with Crippen LogP contribution in [0.2, 0.25) is 0 Å². The molecule has 0 fully saturated rings. The van der Waals surface area contributed by atoms with Crippen LogP contribution < -0.4 is 14.8 Å². The van der Waals surface area contributed by atoms with E-state index in [-0.39, 0.29) is 25.1 Å². The standard InChI is InChI=1S/C29H37NO7/c1-5-35-27(32)20-21(2)8-6-7-9-22(3)28(23-10-14-26(15-11-23)36-19-18-31)37-29(33)30-24-12-16-25(34-4)17-13-24/h6,8,10-17,20,22,28,31H,5,7,9,18-19H2,1-4H3,(H,30,33)/b8-6+,21-20+/t22-,28+/m1/s1. The summed E-state index contributed by atoms with van der Waals surface area (Å²) in [6.07, 6.45) is 5.73. The van der Waals surface area contributed by atoms with Crippen LogP contribution in [-0.2, 0) is 14.3 Å². The van der Waals surface area contributed by atoms with Crippen molar-refractivity contribution in [1.82, 2.24) is 0 Å². The first-order valence-electron chi connectivity index (χ1n) is 12.3. The van der Waals surface area contributed by atoms with Gasteiger partial charge in [0.25, 0.3) is 0 Å². The van der Waals surface area contributed by atoms with Gasteiger partial charge in [0, 0.05) is 11.8 Å². The number of ether oxygens (including phenoxy) is 4. The first-order valence-corrected chi connectivity index (χ1v) is 12.3. The van der Waals surface area contributed by atoms with Gasteiger partial charge < -0.3 is 24.1 Å². The predicted molar refractivity (Wildman–Crippen MR) is 143 cm³/mol. The first kappa shape index (κ1) is 29.5. The highest BCUT2D eigenvalue weighted by molar-refractivity contribution is 5.85. The second-order valence-corrected chi connectivity index (χ2v) is 8.42. The van der Waals surface area contributed by atoms with Crippen molar-refractivity contribution in [2.24, 2.45) is 5.92 Å². The summed E-state index contributed by atoms with van der Waals surface area (Å²) < 4.78 is 21.4. The minimum Gasteiger partial charge on any atom is -0.497 e. The summed E-state index contributed by atoms with van der Waals surface area (Å²) in [5.74, 6) is 0.943. The fourth-order valence-electron chi connectivity index (χ4n) is 3.56. The fourth-order valence-corrected chi connectivity index (χ4v) is 3.56. The zero-order chi connectivity index (χ0) is 27.0. The van der Waals surface area contributed by atoms with Crippen LogP contribution in [-0.4, -0.2) is 44.1 Å². The summed E-state index contributed by atoms with van der Waals surface area (Å²) in [6.45, 7) is 6.10. The summed E-state index contributed by atoms with van der Waals surface area (Å²) in [5, 5.41) is 11.7. The van der Waals surface area contributed by atoms with E-state index in [9.17, 15) is 9.59 Å². The molecular formula is C29H37NO7. The molecule has 0 bridgehead atoms. The number of aliphatic hydroxyl groups excluding tert-OH is 1. The Balaban J connectivity index is 2.08. The number of carbonyl (C=O) groups excluding carboxylic acids is 2. The molecule has 37 heavy (non-hydrogen) atoms. The van der Waals surface area contributed by atoms with Gasteiger partial charge >= 0.3 is 12.1 Å². The Labute approximate surface area is 218 Å². The van der Waals surface area contributed by atoms with Crippen molar-refractivity contribution in [3.63, 3.8) is 0 Å². The third-order valence-electron chi connectivity index (χ3n) is 5.46. The maximum Gasteiger partial charge on any atom is 0.412 e. The SMILES string of the molecule is CCOC(=O)/C=C(C)/C=C/CC[C@@H](C)[C@H](OC(=O)Nc1ccc(OC)cc1)c1ccc(OCCO)cc1. The minimum atomic E-state index is -0.564. The molecule has 0 saturated carbocycles. The number of hydrogen-bond acceptors (Lipinski definition) is 7. The summed E-state index contributed by atoms with van der Waals surface area (Å²) >= 11 is 0. The van der Waals surface area contributed by atoms with Crippen LogP contribution in [0.5, 0.6) is 11.5 Å². The average Bonchev–Trinajstić information content (AvgIpc) is 2.89. The van der Waals surface area contributed by atoms with E-state index in [1.165, 1.54) is 6.08 Å². The zero-order valence-electron chi connectivity index (χ0n) is 21.9. The van der Waals surface area contributed by atoms with Crippen LogP contribution in [0.1, 0.15) is 45.3 Å². The van der Waals surface area contributed by atoms with Crippen LogP contribution in [0.3, 0.4) is 0 Å². The third kappa shape index (κ3) is 10.8. The highest BCUT2D eigenvalue weighted by Gasteiger charge is 2.23. The number of benzene rings is 2. The molecule has 200 valence electrons. The number of hydrogen-bond donors (Lipinski definition) is 2. The smallest absolute Gasteiger partial charge is 0.412 e. The monoisotopic (exact) mass is 511 g/mol. The number of anilines is 1. The molecule has 8 heteroatoms. The topological polar surface area (TPSA) is 103 Å². The van der Waals surface area contributed by atoms with E-state index in [2.05, 4.69) is 5.32 Å². The van der Waals surface area contributed by atoms with Crippen molar-refractivity contribution >= 4 is 17.7 Å². The van der Waals surface area contributed by atoms with Gasteiger partial charge in [0.1, 0.15) is 24.2 Å². The van der Waals surface area contributed by atoms with Crippen LogP contribution in [0.25, 0.3) is 0 Å². The Hall–Kier alpha value is -3.78. The van der Waals surface area contributed by atoms with Gasteiger partial charge in [-0.3, -0.25) is 5.32 Å². The molecule has 0 spiro atoms. The minimum absolute atomic E-state index is 0.00943. The van der Waals surface area contributed by atoms with Crippen molar-refractivity contribution in [2.75, 3.05) is 32.2 Å². The van der Waals surface area contributed by atoms with Crippen LogP contribution in [0.15, 0.2) is 72.3 Å². The highest BCUT2D eigenvalue weighted by Crippen LogP contribution is 2.31. The van der Waals surface area contributed by atoms with Crippen LogP contribution in [0, 0.1) is 5.92 Å². The molecule has 2 rings (SSSR count). The quantitative estimate of drug-likeness (QED) is 0.187. The van der Waals surface area contributed by atoms with Gasteiger partial charge in [0.2, 0.25) is 0 Å². The molecule has 0 aliphatic carbocycles. The Morgan fingerprint density at radius 2 is 1.73 bits per heavy atom. The van der Waals surface area contributed by atoms with E-state index in [4.69, 9.17) is 24.1 Å². The Morgan fingerprint density at radius 3 is 2.35 bits per heavy atom. The Bertz CT molecular complexity index is 1030. The number of allylic oxidation sites excluding steroid dienone is 3. The van der Waals surface area contributed by atoms with Gasteiger partial charge in [0.05, 0.1) is 20.3 Å². The second kappa shape index (κ2) is 16.1. The van der Waals surface area contributed by atoms with Crippen molar-refractivity contribution in [3.05, 3.63) is 77.9 Å². The zero-order valence-corrected chi connectivity index (χ0v) is 21.9. The third-order valence-corrected chi connectivity index (χ3v) is 5.46. The number of aliphatic hydroxyl groups is 1. The molecule has 0 aliphatic heterocycles. The average molecular weight is 512 g/mol. The number of methoxy groups -OCH3 is 1. The summed E-state index contributed by atoms with van der Waals surface area (Å²) in [7, 11) is 1.58. The molecule has 0 aromatic heterocycles. The lowest BCUT2D eigenvalue weighted by Gasteiger charge is -2.25. The van der Waals surface area contributed by atoms with Gasteiger partial charge in [-0.1, -0.05) is 31.2 Å². The number of amides is 1. The molecule has 2 aromatic carbocycles. The van der Waals surface area contributed by atoms with Gasteiger partial charge in [-0.15, -0.1) is 0 Å². The molecule has 8 nitrogen and oxygen atoms in total. The molecule has 0 unspecified atom stereocenters. The van der Waals surface area contributed by atoms with Crippen LogP contribution >= 0.6 is 0 Å². The van der Waals surface area contributed by atoms with E-state index >= 15 is 0 Å². The maximum absolute atomic E-state index is 12.8. The van der Waals surface area contributed by atoms with Crippen molar-refractivity contribution < 1.29 is 33.6 Å². The molecule has 0 heterocycles. The van der Waals surface area contributed by atoms with E-state index in [1.54, 1.807) is 50.4 Å². The van der Waals surface area contributed by atoms with Crippen molar-refractivity contribution in [3.8, 4) is 11.5 Å². The van der Waals surface area contributed by atoms with Gasteiger partial charge in [-0.2, -0.15) is 0 Å². The lowest BCUT2D eigenvalue weighted by atomic mass is 9.93. The largest absolute Gasteiger partial charge is 0.497 e. The first-order chi connectivity index (χ1) is 17.9. The molecular weight excluding hydrogens is 474 g/mol. The van der Waals surface area contributed by atoms with E-state index < -0.39 is 12.2 Å². The molecule has 1 amide bonds. The van der Waals surface area contributed by atoms with E-state index in [0.717, 1.165) is 24.0 Å². The van der Waals surface area contributed by atoms with Crippen molar-refractivity contribution in [1.29, 1.82) is 0 Å². The molecule has 0 aliphatic rings. The van der Waals surface area contributed by atoms with E-state index in [0.29, 0.717) is 23.8 Å². The lowest BCUT2D eigenvalue weighted by molar-refractivity contribution is -0.137. The number of nitrogens with one attached hydrogen (secondary N) is 1. The number of rotatable bonds is 14. The Kier molecular flexibility index (Phi) is 12.8. The molecule has 2 N–H and O–H groups in total. The van der Waals surface area contributed by atoms with Gasteiger partial charge in [-0.25, -0.2) is 9.59 Å². The van der Waals surface area contributed by atoms with Gasteiger partial charge in [0.15, 0.2) is 0 Å². The Morgan fingerprint density at radius 1 is 1.05 bits per heavy atom. The molecule has 2 atom stereocenters. The van der Waals surface area contributed by atoms with Gasteiger partial charge in [-0.05, 0) is 80.1 Å². The molecule has 0 radical (unpaired) electrons. The van der Waals surface area contributed by atoms with E-state index in [1.807, 2.05) is 38.1 Å². The number of carbonyl (C=O) groups is 2. The van der Waals surface area contributed by atoms with Crippen LogP contribution in [0.4, 0.5) is 10.5 Å². The normalized spacial score (nSPS) is 13.1. The molecule has 2 aromatic rings. The summed E-state index contributed by atoms with van der Waals surface area (Å²) in [4.78, 5) is 24.3. The highest BCUT2D eigenvalue weighted by atomic mass is 16.6. The molecule has 0 saturated heterocycles. The predicted octanol–water partition coefficient (Wildman–Crippen LogP) is 5.84. The van der Waals surface area contributed by atoms with Crippen molar-refractivity contribution in [2.45, 2.75) is 39.7 Å². The fraction of sp³-hybridized carbons (Fsp3) is 0.379. The second-order valence-electron chi connectivity index (χ2n) is 8.42. The summed E-state index contributed by atoms with van der Waals surface area (Å²) in [6, 6.07) is 14.3. The lowest BCUT2D eigenvalue weighted by Crippen LogP contribution is -2.22. The maximum atomic E-state index is 12.8. The summed E-state index contributed by atoms with van der Waals surface area (Å²) in [5.41, 5.74) is 2.23. The number of esters is 1.